The Bertz CT molecular complexity index is 995. The highest BCUT2D eigenvalue weighted by Crippen LogP contribution is 2.39. The zero-order valence-corrected chi connectivity index (χ0v) is 19.9. The smallest absolute Gasteiger partial charge is 0.414 e. The van der Waals surface area contributed by atoms with Gasteiger partial charge in [0, 0.05) is 32.2 Å². The lowest BCUT2D eigenvalue weighted by Gasteiger charge is -2.36. The van der Waals surface area contributed by atoms with Gasteiger partial charge in [-0.1, -0.05) is 54.6 Å². The third-order valence-corrected chi connectivity index (χ3v) is 6.76. The number of carboxylic acids is 2. The van der Waals surface area contributed by atoms with Crippen molar-refractivity contribution in [2.24, 2.45) is 0 Å². The largest absolute Gasteiger partial charge is 0.473 e. The minimum atomic E-state index is -1.82. The van der Waals surface area contributed by atoms with Crippen molar-refractivity contribution in [3.05, 3.63) is 71.3 Å². The monoisotopic (exact) mass is 479 g/mol. The molecule has 2 aromatic rings. The van der Waals surface area contributed by atoms with Crippen molar-refractivity contribution in [1.29, 1.82) is 5.26 Å². The van der Waals surface area contributed by atoms with E-state index in [0.29, 0.717) is 6.04 Å². The Balaban J connectivity index is 0.000000509. The van der Waals surface area contributed by atoms with Gasteiger partial charge < -0.3 is 20.3 Å². The normalized spacial score (nSPS) is 22.3. The standard InChI is InChI=1S/C25H31N3O.C2H2O4/c26-20-25(23-8-2-1-3-9-23)12-10-24(11-13-25)27-18-21-6-4-5-7-22(21)19-28-14-16-29-17-15-28;3-1(4)2(5)6/h1-9,24,27H,10-19H2;(H,3,4)(H,5,6). The summed E-state index contributed by atoms with van der Waals surface area (Å²) in [5.74, 6) is -3.65. The van der Waals surface area contributed by atoms with E-state index in [1.165, 1.54) is 16.7 Å². The minimum absolute atomic E-state index is 0.312. The Labute approximate surface area is 206 Å². The predicted octanol–water partition coefficient (Wildman–Crippen LogP) is 3.17. The summed E-state index contributed by atoms with van der Waals surface area (Å²) < 4.78 is 5.48. The minimum Gasteiger partial charge on any atom is -0.473 e. The van der Waals surface area contributed by atoms with Gasteiger partial charge in [-0.25, -0.2) is 9.59 Å². The number of nitriles is 1. The lowest BCUT2D eigenvalue weighted by molar-refractivity contribution is -0.159. The molecule has 0 unspecified atom stereocenters. The van der Waals surface area contributed by atoms with E-state index in [2.05, 4.69) is 52.7 Å². The second-order valence-corrected chi connectivity index (χ2v) is 8.98. The summed E-state index contributed by atoms with van der Waals surface area (Å²) in [6.45, 7) is 5.60. The summed E-state index contributed by atoms with van der Waals surface area (Å²) in [5.41, 5.74) is 3.66. The molecule has 2 fully saturated rings. The molecule has 186 valence electrons. The SMILES string of the molecule is N#CC1(c2ccccc2)CCC(NCc2ccccc2CN2CCOCC2)CC1.O=C(O)C(=O)O. The van der Waals surface area contributed by atoms with E-state index in [4.69, 9.17) is 24.5 Å². The molecule has 0 bridgehead atoms. The van der Waals surface area contributed by atoms with E-state index in [9.17, 15) is 5.26 Å². The van der Waals surface area contributed by atoms with Crippen molar-refractivity contribution in [2.75, 3.05) is 26.3 Å². The number of carboxylic acid groups (broad SMARTS) is 2. The molecule has 1 aliphatic heterocycles. The van der Waals surface area contributed by atoms with Crippen LogP contribution in [-0.2, 0) is 32.8 Å². The average Bonchev–Trinajstić information content (AvgIpc) is 2.90. The summed E-state index contributed by atoms with van der Waals surface area (Å²) in [4.78, 5) is 20.7. The van der Waals surface area contributed by atoms with Gasteiger partial charge in [-0.2, -0.15) is 5.26 Å². The van der Waals surface area contributed by atoms with Crippen LogP contribution >= 0.6 is 0 Å². The Hall–Kier alpha value is -3.25. The van der Waals surface area contributed by atoms with Crippen LogP contribution in [0.5, 0.6) is 0 Å². The van der Waals surface area contributed by atoms with Crippen molar-refractivity contribution < 1.29 is 24.5 Å². The number of hydrogen-bond donors (Lipinski definition) is 3. The number of nitrogens with zero attached hydrogens (tertiary/aromatic N) is 2. The van der Waals surface area contributed by atoms with Crippen molar-refractivity contribution in [2.45, 2.75) is 50.2 Å². The third-order valence-electron chi connectivity index (χ3n) is 6.76. The van der Waals surface area contributed by atoms with Crippen LogP contribution in [0.15, 0.2) is 54.6 Å². The zero-order chi connectivity index (χ0) is 25.1. The maximum Gasteiger partial charge on any atom is 0.414 e. The van der Waals surface area contributed by atoms with Crippen LogP contribution < -0.4 is 5.32 Å². The number of morpholine rings is 1. The number of ether oxygens (including phenoxy) is 1. The van der Waals surface area contributed by atoms with Gasteiger partial charge in [-0.05, 0) is 42.4 Å². The fourth-order valence-electron chi connectivity index (χ4n) is 4.68. The maximum absolute atomic E-state index is 9.90. The van der Waals surface area contributed by atoms with E-state index in [1.54, 1.807) is 0 Å². The summed E-state index contributed by atoms with van der Waals surface area (Å²) >= 11 is 0. The Kier molecular flexibility index (Phi) is 9.79. The van der Waals surface area contributed by atoms with Crippen LogP contribution in [-0.4, -0.2) is 59.4 Å². The van der Waals surface area contributed by atoms with E-state index in [0.717, 1.165) is 65.1 Å². The molecule has 1 heterocycles. The molecular formula is C27H33N3O5. The van der Waals surface area contributed by atoms with E-state index >= 15 is 0 Å². The summed E-state index contributed by atoms with van der Waals surface area (Å²) in [6, 6.07) is 22.2. The maximum atomic E-state index is 9.90. The molecule has 2 aliphatic rings. The molecule has 0 amide bonds. The quantitative estimate of drug-likeness (QED) is 0.540. The first-order valence-corrected chi connectivity index (χ1v) is 12.0. The van der Waals surface area contributed by atoms with Gasteiger partial charge >= 0.3 is 11.9 Å². The van der Waals surface area contributed by atoms with Crippen LogP contribution in [0.4, 0.5) is 0 Å². The third kappa shape index (κ3) is 7.62. The lowest BCUT2D eigenvalue weighted by atomic mass is 9.69. The van der Waals surface area contributed by atoms with Gasteiger partial charge in [0.1, 0.15) is 0 Å². The van der Waals surface area contributed by atoms with E-state index in [1.807, 2.05) is 18.2 Å². The van der Waals surface area contributed by atoms with Crippen LogP contribution in [0.2, 0.25) is 0 Å². The fraction of sp³-hybridized carbons (Fsp3) is 0.444. The Morgan fingerprint density at radius 2 is 1.54 bits per heavy atom. The molecule has 1 aliphatic carbocycles. The molecule has 0 atom stereocenters. The van der Waals surface area contributed by atoms with Gasteiger partial charge in [-0.3, -0.25) is 4.90 Å². The number of benzene rings is 2. The molecule has 1 saturated carbocycles. The molecule has 35 heavy (non-hydrogen) atoms. The highest BCUT2D eigenvalue weighted by Gasteiger charge is 2.36. The van der Waals surface area contributed by atoms with Gasteiger partial charge in [0.15, 0.2) is 0 Å². The van der Waals surface area contributed by atoms with Crippen LogP contribution in [0.1, 0.15) is 42.4 Å². The first-order chi connectivity index (χ1) is 16.9. The van der Waals surface area contributed by atoms with Crippen LogP contribution in [0.25, 0.3) is 0 Å². The van der Waals surface area contributed by atoms with Crippen LogP contribution in [0, 0.1) is 11.3 Å². The molecule has 1 saturated heterocycles. The number of nitrogens with one attached hydrogen (secondary N) is 1. The number of rotatable bonds is 6. The first kappa shape index (κ1) is 26.4. The van der Waals surface area contributed by atoms with Gasteiger partial charge in [0.05, 0.1) is 24.7 Å². The number of hydrogen-bond acceptors (Lipinski definition) is 6. The predicted molar refractivity (Wildman–Crippen MR) is 131 cm³/mol. The Morgan fingerprint density at radius 1 is 0.971 bits per heavy atom. The van der Waals surface area contributed by atoms with E-state index in [-0.39, 0.29) is 5.41 Å². The van der Waals surface area contributed by atoms with E-state index < -0.39 is 11.9 Å². The topological polar surface area (TPSA) is 123 Å². The lowest BCUT2D eigenvalue weighted by Crippen LogP contribution is -2.39. The molecular weight excluding hydrogens is 446 g/mol. The van der Waals surface area contributed by atoms with Gasteiger partial charge in [-0.15, -0.1) is 0 Å². The molecule has 3 N–H and O–H groups in total. The van der Waals surface area contributed by atoms with Crippen molar-refractivity contribution in [3.8, 4) is 6.07 Å². The zero-order valence-electron chi connectivity index (χ0n) is 19.9. The molecule has 4 rings (SSSR count). The van der Waals surface area contributed by atoms with Gasteiger partial charge in [0.25, 0.3) is 0 Å². The van der Waals surface area contributed by atoms with Crippen molar-refractivity contribution in [1.82, 2.24) is 10.2 Å². The molecule has 0 aromatic heterocycles. The van der Waals surface area contributed by atoms with Gasteiger partial charge in [0.2, 0.25) is 0 Å². The van der Waals surface area contributed by atoms with Crippen molar-refractivity contribution in [3.63, 3.8) is 0 Å². The highest BCUT2D eigenvalue weighted by molar-refractivity contribution is 6.27. The van der Waals surface area contributed by atoms with Crippen molar-refractivity contribution >= 4 is 11.9 Å². The average molecular weight is 480 g/mol. The summed E-state index contributed by atoms with van der Waals surface area (Å²) in [6.07, 6.45) is 3.96. The number of aliphatic carboxylic acids is 2. The molecule has 8 heteroatoms. The molecule has 2 aromatic carbocycles. The molecule has 0 spiro atoms. The number of carbonyl (C=O) groups is 2. The fourth-order valence-corrected chi connectivity index (χ4v) is 4.68. The molecule has 0 radical (unpaired) electrons. The highest BCUT2D eigenvalue weighted by atomic mass is 16.5. The van der Waals surface area contributed by atoms with Crippen LogP contribution in [0.3, 0.4) is 0 Å². The second-order valence-electron chi connectivity index (χ2n) is 8.98. The second kappa shape index (κ2) is 13.0. The first-order valence-electron chi connectivity index (χ1n) is 12.0. The summed E-state index contributed by atoms with van der Waals surface area (Å²) in [5, 5.41) is 28.5. The molecule has 8 nitrogen and oxygen atoms in total. The Morgan fingerprint density at radius 3 is 2.11 bits per heavy atom. The summed E-state index contributed by atoms with van der Waals surface area (Å²) in [7, 11) is 0.